The van der Waals surface area contributed by atoms with Crippen molar-refractivity contribution in [3.8, 4) is 0 Å². The summed E-state index contributed by atoms with van der Waals surface area (Å²) < 4.78 is 16.1. The first-order valence-corrected chi connectivity index (χ1v) is 8.29. The van der Waals surface area contributed by atoms with Crippen molar-refractivity contribution in [2.75, 3.05) is 53.3 Å². The minimum Gasteiger partial charge on any atom is -0.394 e. The monoisotopic (exact) mass is 303 g/mol. The van der Waals surface area contributed by atoms with Crippen molar-refractivity contribution < 1.29 is 19.3 Å². The fourth-order valence-electron chi connectivity index (χ4n) is 3.27. The molecule has 2 N–H and O–H groups in total. The molecule has 2 unspecified atom stereocenters. The Labute approximate surface area is 129 Å². The Morgan fingerprint density at radius 3 is 2.57 bits per heavy atom. The van der Waals surface area contributed by atoms with Gasteiger partial charge in [-0.1, -0.05) is 13.3 Å². The van der Waals surface area contributed by atoms with E-state index in [9.17, 15) is 5.11 Å². The quantitative estimate of drug-likeness (QED) is 0.506. The molecule has 0 aromatic rings. The summed E-state index contributed by atoms with van der Waals surface area (Å²) in [6, 6.07) is 0. The molecule has 21 heavy (non-hydrogen) atoms. The van der Waals surface area contributed by atoms with Gasteiger partial charge in [-0.15, -0.1) is 0 Å². The van der Waals surface area contributed by atoms with Gasteiger partial charge in [0.1, 0.15) is 0 Å². The molecule has 1 aliphatic carbocycles. The van der Waals surface area contributed by atoms with E-state index in [2.05, 4.69) is 12.2 Å². The molecular formula is C16H33NO4. The van der Waals surface area contributed by atoms with E-state index < -0.39 is 0 Å². The Morgan fingerprint density at radius 1 is 1.14 bits per heavy atom. The van der Waals surface area contributed by atoms with Gasteiger partial charge in [0.2, 0.25) is 0 Å². The SMILES string of the molecule is CCNC1(CO)CCCC1CCOCCOCCCOC. The average Bonchev–Trinajstić information content (AvgIpc) is 2.89. The summed E-state index contributed by atoms with van der Waals surface area (Å²) in [6.45, 7) is 6.76. The molecule has 0 radical (unpaired) electrons. The molecule has 5 nitrogen and oxygen atoms in total. The number of likely N-dealkylation sites (N-methyl/N-ethyl adjacent to an activating group) is 1. The molecule has 0 spiro atoms. The van der Waals surface area contributed by atoms with Crippen LogP contribution >= 0.6 is 0 Å². The fraction of sp³-hybridized carbons (Fsp3) is 1.00. The van der Waals surface area contributed by atoms with Gasteiger partial charge in [0.25, 0.3) is 0 Å². The predicted molar refractivity (Wildman–Crippen MR) is 83.6 cm³/mol. The van der Waals surface area contributed by atoms with Crippen molar-refractivity contribution in [3.05, 3.63) is 0 Å². The zero-order valence-electron chi connectivity index (χ0n) is 13.7. The van der Waals surface area contributed by atoms with Crippen LogP contribution in [0.3, 0.4) is 0 Å². The molecule has 1 aliphatic rings. The van der Waals surface area contributed by atoms with Gasteiger partial charge < -0.3 is 24.6 Å². The van der Waals surface area contributed by atoms with E-state index in [1.807, 2.05) is 0 Å². The van der Waals surface area contributed by atoms with Crippen LogP contribution < -0.4 is 5.32 Å². The molecule has 2 atom stereocenters. The third kappa shape index (κ3) is 6.61. The third-order valence-electron chi connectivity index (χ3n) is 4.39. The smallest absolute Gasteiger partial charge is 0.0700 e. The number of aliphatic hydroxyl groups is 1. The van der Waals surface area contributed by atoms with Gasteiger partial charge in [0, 0.05) is 32.5 Å². The Bertz CT molecular complexity index is 252. The minimum absolute atomic E-state index is 0.0746. The summed E-state index contributed by atoms with van der Waals surface area (Å²) in [5.74, 6) is 0.519. The van der Waals surface area contributed by atoms with Crippen molar-refractivity contribution in [1.29, 1.82) is 0 Å². The molecule has 0 aromatic heterocycles. The van der Waals surface area contributed by atoms with E-state index in [4.69, 9.17) is 14.2 Å². The van der Waals surface area contributed by atoms with E-state index in [1.165, 1.54) is 12.8 Å². The lowest BCUT2D eigenvalue weighted by Gasteiger charge is -2.34. The summed E-state index contributed by atoms with van der Waals surface area (Å²) in [5, 5.41) is 13.2. The van der Waals surface area contributed by atoms with Crippen LogP contribution in [-0.2, 0) is 14.2 Å². The molecule has 1 fully saturated rings. The normalized spacial score (nSPS) is 25.6. The highest BCUT2D eigenvalue weighted by Gasteiger charge is 2.41. The summed E-state index contributed by atoms with van der Waals surface area (Å²) in [6.07, 6.45) is 5.40. The second kappa shape index (κ2) is 11.4. The Balaban J connectivity index is 2.06. The largest absolute Gasteiger partial charge is 0.394 e. The zero-order chi connectivity index (χ0) is 15.4. The van der Waals surface area contributed by atoms with Crippen LogP contribution in [0.1, 0.15) is 39.0 Å². The number of methoxy groups -OCH3 is 1. The molecule has 1 saturated carbocycles. The standard InChI is InChI=1S/C16H33NO4/c1-3-17-16(14-18)8-4-6-15(16)7-11-21-13-12-20-10-5-9-19-2/h15,17-18H,3-14H2,1-2H3. The Kier molecular flexibility index (Phi) is 10.2. The van der Waals surface area contributed by atoms with Crippen LogP contribution in [0.5, 0.6) is 0 Å². The molecule has 0 bridgehead atoms. The third-order valence-corrected chi connectivity index (χ3v) is 4.39. The van der Waals surface area contributed by atoms with Crippen molar-refractivity contribution in [3.63, 3.8) is 0 Å². The maximum atomic E-state index is 9.73. The lowest BCUT2D eigenvalue weighted by atomic mass is 9.85. The molecule has 0 amide bonds. The van der Waals surface area contributed by atoms with E-state index in [0.29, 0.717) is 19.1 Å². The van der Waals surface area contributed by atoms with E-state index >= 15 is 0 Å². The van der Waals surface area contributed by atoms with Gasteiger partial charge in [0.05, 0.1) is 19.8 Å². The Morgan fingerprint density at radius 2 is 1.90 bits per heavy atom. The number of ether oxygens (including phenoxy) is 3. The molecule has 5 heteroatoms. The van der Waals surface area contributed by atoms with Crippen LogP contribution in [0.4, 0.5) is 0 Å². The summed E-state index contributed by atoms with van der Waals surface area (Å²) in [4.78, 5) is 0. The van der Waals surface area contributed by atoms with Crippen LogP contribution in [0.2, 0.25) is 0 Å². The first-order valence-electron chi connectivity index (χ1n) is 8.29. The number of hydrogen-bond donors (Lipinski definition) is 2. The molecule has 1 rings (SSSR count). The van der Waals surface area contributed by atoms with Crippen LogP contribution in [-0.4, -0.2) is 63.9 Å². The van der Waals surface area contributed by atoms with Crippen LogP contribution in [0.25, 0.3) is 0 Å². The highest BCUT2D eigenvalue weighted by Crippen LogP contribution is 2.37. The van der Waals surface area contributed by atoms with Crippen molar-refractivity contribution in [2.45, 2.75) is 44.6 Å². The second-order valence-corrected chi connectivity index (χ2v) is 5.79. The summed E-state index contributed by atoms with van der Waals surface area (Å²) in [5.41, 5.74) is -0.0746. The lowest BCUT2D eigenvalue weighted by molar-refractivity contribution is 0.0289. The summed E-state index contributed by atoms with van der Waals surface area (Å²) in [7, 11) is 1.70. The number of nitrogens with one attached hydrogen (secondary N) is 1. The number of hydrogen-bond acceptors (Lipinski definition) is 5. The van der Waals surface area contributed by atoms with Gasteiger partial charge in [-0.05, 0) is 38.1 Å². The first kappa shape index (κ1) is 18.8. The number of rotatable bonds is 13. The zero-order valence-corrected chi connectivity index (χ0v) is 13.7. The second-order valence-electron chi connectivity index (χ2n) is 5.79. The van der Waals surface area contributed by atoms with Crippen molar-refractivity contribution in [1.82, 2.24) is 5.32 Å². The van der Waals surface area contributed by atoms with Gasteiger partial charge in [-0.25, -0.2) is 0 Å². The van der Waals surface area contributed by atoms with E-state index in [-0.39, 0.29) is 12.1 Å². The predicted octanol–water partition coefficient (Wildman–Crippen LogP) is 1.59. The number of aliphatic hydroxyl groups excluding tert-OH is 1. The molecule has 0 heterocycles. The van der Waals surface area contributed by atoms with Crippen LogP contribution in [0.15, 0.2) is 0 Å². The lowest BCUT2D eigenvalue weighted by Crippen LogP contribution is -2.51. The van der Waals surface area contributed by atoms with Crippen molar-refractivity contribution >= 4 is 0 Å². The molecule has 126 valence electrons. The highest BCUT2D eigenvalue weighted by molar-refractivity contribution is 4.98. The van der Waals surface area contributed by atoms with Gasteiger partial charge in [0.15, 0.2) is 0 Å². The molecule has 0 aromatic carbocycles. The minimum atomic E-state index is -0.0746. The average molecular weight is 303 g/mol. The van der Waals surface area contributed by atoms with Crippen LogP contribution in [0, 0.1) is 5.92 Å². The van der Waals surface area contributed by atoms with Crippen molar-refractivity contribution in [2.24, 2.45) is 5.92 Å². The van der Waals surface area contributed by atoms with E-state index in [1.54, 1.807) is 7.11 Å². The molecule has 0 aliphatic heterocycles. The molecule has 0 saturated heterocycles. The van der Waals surface area contributed by atoms with Gasteiger partial charge in [-0.3, -0.25) is 0 Å². The van der Waals surface area contributed by atoms with Gasteiger partial charge >= 0.3 is 0 Å². The molecular weight excluding hydrogens is 270 g/mol. The maximum Gasteiger partial charge on any atom is 0.0700 e. The van der Waals surface area contributed by atoms with E-state index in [0.717, 1.165) is 45.6 Å². The summed E-state index contributed by atoms with van der Waals surface area (Å²) >= 11 is 0. The Hall–Kier alpha value is -0.200. The topological polar surface area (TPSA) is 60.0 Å². The maximum absolute atomic E-state index is 9.73. The first-order chi connectivity index (χ1) is 10.3. The van der Waals surface area contributed by atoms with Gasteiger partial charge in [-0.2, -0.15) is 0 Å². The fourth-order valence-corrected chi connectivity index (χ4v) is 3.27. The highest BCUT2D eigenvalue weighted by atomic mass is 16.5.